The first-order valence-corrected chi connectivity index (χ1v) is 6.05. The Kier molecular flexibility index (Phi) is 5.34. The molecule has 1 unspecified atom stereocenters. The lowest BCUT2D eigenvalue weighted by atomic mass is 10.1. The van der Waals surface area contributed by atoms with Crippen molar-refractivity contribution in [2.45, 2.75) is 6.92 Å². The van der Waals surface area contributed by atoms with E-state index in [4.69, 9.17) is 0 Å². The molecular weight excluding hydrogens is 283 g/mol. The fourth-order valence-corrected chi connectivity index (χ4v) is 1.77. The van der Waals surface area contributed by atoms with Crippen LogP contribution in [0.4, 0.5) is 10.1 Å². The van der Waals surface area contributed by atoms with E-state index >= 15 is 0 Å². The van der Waals surface area contributed by atoms with Crippen molar-refractivity contribution in [3.8, 4) is 0 Å². The number of carbonyl (C=O) groups excluding carboxylic acids is 2. The maximum atomic E-state index is 13.6. The molecule has 0 saturated carbocycles. The number of nitrogens with zero attached hydrogens (tertiary/aromatic N) is 2. The summed E-state index contributed by atoms with van der Waals surface area (Å²) in [6.45, 7) is 1.56. The van der Waals surface area contributed by atoms with E-state index in [2.05, 4.69) is 4.74 Å². The van der Waals surface area contributed by atoms with Crippen molar-refractivity contribution in [3.63, 3.8) is 0 Å². The average molecular weight is 298 g/mol. The van der Waals surface area contributed by atoms with Crippen LogP contribution in [0, 0.1) is 21.8 Å². The number of rotatable bonds is 5. The first-order valence-electron chi connectivity index (χ1n) is 6.05. The van der Waals surface area contributed by atoms with Gasteiger partial charge in [-0.1, -0.05) is 6.92 Å². The van der Waals surface area contributed by atoms with Crippen molar-refractivity contribution in [2.24, 2.45) is 5.92 Å². The number of hydrogen-bond acceptors (Lipinski definition) is 5. The first-order chi connectivity index (χ1) is 9.77. The van der Waals surface area contributed by atoms with Gasteiger partial charge in [-0.2, -0.15) is 0 Å². The fourth-order valence-electron chi connectivity index (χ4n) is 1.77. The van der Waals surface area contributed by atoms with Gasteiger partial charge in [-0.3, -0.25) is 19.7 Å². The second kappa shape index (κ2) is 6.78. The maximum absolute atomic E-state index is 13.6. The minimum absolute atomic E-state index is 0.00758. The molecule has 1 aromatic carbocycles. The van der Waals surface area contributed by atoms with E-state index in [1.807, 2.05) is 0 Å². The Labute approximate surface area is 120 Å². The Morgan fingerprint density at radius 2 is 2.10 bits per heavy atom. The highest BCUT2D eigenvalue weighted by molar-refractivity contribution is 5.95. The lowest BCUT2D eigenvalue weighted by Crippen LogP contribution is -2.34. The summed E-state index contributed by atoms with van der Waals surface area (Å²) in [6, 6.07) is 2.71. The van der Waals surface area contributed by atoms with E-state index in [1.165, 1.54) is 14.2 Å². The zero-order valence-corrected chi connectivity index (χ0v) is 11.8. The third kappa shape index (κ3) is 3.98. The van der Waals surface area contributed by atoms with E-state index in [0.717, 1.165) is 23.1 Å². The third-order valence-corrected chi connectivity index (χ3v) is 2.89. The highest BCUT2D eigenvalue weighted by Crippen LogP contribution is 2.18. The van der Waals surface area contributed by atoms with Gasteiger partial charge in [0, 0.05) is 25.7 Å². The van der Waals surface area contributed by atoms with Gasteiger partial charge in [0.15, 0.2) is 0 Å². The molecule has 0 bridgehead atoms. The van der Waals surface area contributed by atoms with E-state index in [0.29, 0.717) is 0 Å². The monoisotopic (exact) mass is 298 g/mol. The van der Waals surface area contributed by atoms with Gasteiger partial charge in [0.25, 0.3) is 11.6 Å². The third-order valence-electron chi connectivity index (χ3n) is 2.89. The van der Waals surface area contributed by atoms with Crippen LogP contribution >= 0.6 is 0 Å². The second-order valence-electron chi connectivity index (χ2n) is 4.53. The number of benzene rings is 1. The SMILES string of the molecule is COC(=O)C(C)CN(C)C(=O)c1cc([N+](=O)[O-])ccc1F. The number of carbonyl (C=O) groups is 2. The molecule has 0 aliphatic rings. The molecule has 1 rings (SSSR count). The van der Waals surface area contributed by atoms with Gasteiger partial charge in [0.05, 0.1) is 23.5 Å². The molecule has 0 fully saturated rings. The summed E-state index contributed by atoms with van der Waals surface area (Å²) in [5, 5.41) is 10.7. The molecule has 0 radical (unpaired) electrons. The Bertz CT molecular complexity index is 576. The van der Waals surface area contributed by atoms with Crippen LogP contribution in [0.1, 0.15) is 17.3 Å². The normalized spacial score (nSPS) is 11.6. The Morgan fingerprint density at radius 3 is 2.62 bits per heavy atom. The molecule has 8 heteroatoms. The summed E-state index contributed by atoms with van der Waals surface area (Å²) in [5.41, 5.74) is -0.794. The van der Waals surface area contributed by atoms with Crippen molar-refractivity contribution in [1.82, 2.24) is 4.90 Å². The van der Waals surface area contributed by atoms with Gasteiger partial charge >= 0.3 is 5.97 Å². The minimum atomic E-state index is -0.858. The molecule has 0 spiro atoms. The van der Waals surface area contributed by atoms with E-state index in [9.17, 15) is 24.1 Å². The predicted octanol–water partition coefficient (Wildman–Crippen LogP) is 1.61. The van der Waals surface area contributed by atoms with Crippen molar-refractivity contribution in [1.29, 1.82) is 0 Å². The maximum Gasteiger partial charge on any atom is 0.310 e. The number of hydrogen-bond donors (Lipinski definition) is 0. The Balaban J connectivity index is 2.95. The smallest absolute Gasteiger partial charge is 0.310 e. The summed E-state index contributed by atoms with van der Waals surface area (Å²) >= 11 is 0. The zero-order chi connectivity index (χ0) is 16.2. The molecule has 1 amide bonds. The highest BCUT2D eigenvalue weighted by Gasteiger charge is 2.23. The number of halogens is 1. The lowest BCUT2D eigenvalue weighted by Gasteiger charge is -2.20. The summed E-state index contributed by atoms with van der Waals surface area (Å²) in [7, 11) is 2.60. The molecule has 21 heavy (non-hydrogen) atoms. The van der Waals surface area contributed by atoms with Crippen LogP contribution in [0.3, 0.4) is 0 Å². The average Bonchev–Trinajstić information content (AvgIpc) is 2.45. The number of non-ortho nitro benzene ring substituents is 1. The van der Waals surface area contributed by atoms with Gasteiger partial charge in [0.2, 0.25) is 0 Å². The minimum Gasteiger partial charge on any atom is -0.469 e. The number of methoxy groups -OCH3 is 1. The van der Waals surface area contributed by atoms with Crippen molar-refractivity contribution < 1.29 is 23.6 Å². The second-order valence-corrected chi connectivity index (χ2v) is 4.53. The standard InChI is InChI=1S/C13H15FN2O5/c1-8(13(18)21-3)7-15(2)12(17)10-6-9(16(19)20)4-5-11(10)14/h4-6,8H,7H2,1-3H3. The zero-order valence-electron chi connectivity index (χ0n) is 11.8. The first kappa shape index (κ1) is 16.5. The van der Waals surface area contributed by atoms with E-state index in [1.54, 1.807) is 6.92 Å². The van der Waals surface area contributed by atoms with Crippen molar-refractivity contribution in [2.75, 3.05) is 20.7 Å². The molecular formula is C13H15FN2O5. The quantitative estimate of drug-likeness (QED) is 0.468. The van der Waals surface area contributed by atoms with Crippen molar-refractivity contribution in [3.05, 3.63) is 39.7 Å². The highest BCUT2D eigenvalue weighted by atomic mass is 19.1. The molecule has 1 aromatic rings. The van der Waals surface area contributed by atoms with Gasteiger partial charge < -0.3 is 9.64 Å². The van der Waals surface area contributed by atoms with Gasteiger partial charge in [-0.05, 0) is 6.07 Å². The molecule has 7 nitrogen and oxygen atoms in total. The molecule has 0 aliphatic carbocycles. The van der Waals surface area contributed by atoms with E-state index in [-0.39, 0.29) is 12.2 Å². The summed E-state index contributed by atoms with van der Waals surface area (Å²) in [6.07, 6.45) is 0. The van der Waals surface area contributed by atoms with Crippen LogP contribution in [0.5, 0.6) is 0 Å². The lowest BCUT2D eigenvalue weighted by molar-refractivity contribution is -0.384. The molecule has 0 aliphatic heterocycles. The van der Waals surface area contributed by atoms with Crippen molar-refractivity contribution >= 4 is 17.6 Å². The molecule has 0 saturated heterocycles. The van der Waals surface area contributed by atoms with Crippen LogP contribution in [-0.4, -0.2) is 42.4 Å². The Morgan fingerprint density at radius 1 is 1.48 bits per heavy atom. The summed E-state index contributed by atoms with van der Waals surface area (Å²) in [4.78, 5) is 34.5. The van der Waals surface area contributed by atoms with Crippen LogP contribution in [0.2, 0.25) is 0 Å². The molecule has 0 N–H and O–H groups in total. The topological polar surface area (TPSA) is 89.8 Å². The number of nitro groups is 1. The van der Waals surface area contributed by atoms with Crippen LogP contribution in [-0.2, 0) is 9.53 Å². The van der Waals surface area contributed by atoms with E-state index < -0.39 is 34.1 Å². The number of ether oxygens (including phenoxy) is 1. The molecule has 0 aromatic heterocycles. The summed E-state index contributed by atoms with van der Waals surface area (Å²) < 4.78 is 18.2. The van der Waals surface area contributed by atoms with Crippen LogP contribution in [0.15, 0.2) is 18.2 Å². The fraction of sp³-hybridized carbons (Fsp3) is 0.385. The molecule has 1 atom stereocenters. The number of nitro benzene ring substituents is 1. The summed E-state index contributed by atoms with van der Waals surface area (Å²) in [5.74, 6) is -2.70. The molecule has 114 valence electrons. The Hall–Kier alpha value is -2.51. The number of esters is 1. The van der Waals surface area contributed by atoms with Crippen LogP contribution < -0.4 is 0 Å². The molecule has 0 heterocycles. The predicted molar refractivity (Wildman–Crippen MR) is 71.2 cm³/mol. The van der Waals surface area contributed by atoms with Gasteiger partial charge in [0.1, 0.15) is 5.82 Å². The van der Waals surface area contributed by atoms with Gasteiger partial charge in [-0.15, -0.1) is 0 Å². The van der Waals surface area contributed by atoms with Gasteiger partial charge in [-0.25, -0.2) is 4.39 Å². The number of amides is 1. The largest absolute Gasteiger partial charge is 0.469 e. The van der Waals surface area contributed by atoms with Crippen LogP contribution in [0.25, 0.3) is 0 Å².